The van der Waals surface area contributed by atoms with Crippen molar-refractivity contribution in [1.82, 2.24) is 15.0 Å². The lowest BCUT2D eigenvalue weighted by atomic mass is 9.94. The van der Waals surface area contributed by atoms with Crippen molar-refractivity contribution >= 4 is 21.9 Å². The van der Waals surface area contributed by atoms with Crippen molar-refractivity contribution < 1.29 is 4.42 Å². The number of para-hydroxylation sites is 2. The van der Waals surface area contributed by atoms with Gasteiger partial charge in [-0.25, -0.2) is 15.0 Å². The molecular formula is C45H29N3O. The van der Waals surface area contributed by atoms with E-state index in [0.717, 1.165) is 72.0 Å². The predicted molar refractivity (Wildman–Crippen MR) is 200 cm³/mol. The Kier molecular flexibility index (Phi) is 7.10. The zero-order valence-corrected chi connectivity index (χ0v) is 26.5. The van der Waals surface area contributed by atoms with Crippen LogP contribution < -0.4 is 0 Å². The second-order valence-corrected chi connectivity index (χ2v) is 12.0. The molecule has 9 aromatic rings. The van der Waals surface area contributed by atoms with E-state index in [1.165, 1.54) is 0 Å². The number of hydrogen-bond donors (Lipinski definition) is 0. The summed E-state index contributed by atoms with van der Waals surface area (Å²) in [7, 11) is 0. The van der Waals surface area contributed by atoms with E-state index in [1.807, 2.05) is 60.7 Å². The Morgan fingerprint density at radius 2 is 0.816 bits per heavy atom. The largest absolute Gasteiger partial charge is 0.455 e. The summed E-state index contributed by atoms with van der Waals surface area (Å²) in [6.07, 6.45) is 0. The molecule has 2 heterocycles. The molecule has 9 rings (SSSR count). The highest BCUT2D eigenvalue weighted by Crippen LogP contribution is 2.38. The van der Waals surface area contributed by atoms with Crippen molar-refractivity contribution in [1.29, 1.82) is 0 Å². The van der Waals surface area contributed by atoms with Gasteiger partial charge in [-0.1, -0.05) is 158 Å². The van der Waals surface area contributed by atoms with Crippen LogP contribution in [0.1, 0.15) is 0 Å². The summed E-state index contributed by atoms with van der Waals surface area (Å²) < 4.78 is 6.33. The minimum atomic E-state index is 0.614. The maximum atomic E-state index is 6.33. The fraction of sp³-hybridized carbons (Fsp3) is 0. The Balaban J connectivity index is 1.18. The number of furan rings is 1. The Morgan fingerprint density at radius 1 is 0.306 bits per heavy atom. The van der Waals surface area contributed by atoms with Crippen molar-refractivity contribution in [2.24, 2.45) is 0 Å². The van der Waals surface area contributed by atoms with Crippen molar-refractivity contribution in [2.75, 3.05) is 0 Å². The van der Waals surface area contributed by atoms with E-state index in [1.54, 1.807) is 0 Å². The molecule has 4 nitrogen and oxygen atoms in total. The van der Waals surface area contributed by atoms with E-state index in [2.05, 4.69) is 115 Å². The van der Waals surface area contributed by atoms with Gasteiger partial charge in [-0.15, -0.1) is 0 Å². The lowest BCUT2D eigenvalue weighted by molar-refractivity contribution is 0.670. The maximum absolute atomic E-state index is 6.33. The first-order chi connectivity index (χ1) is 24.3. The van der Waals surface area contributed by atoms with Crippen molar-refractivity contribution in [3.05, 3.63) is 176 Å². The predicted octanol–water partition coefficient (Wildman–Crippen LogP) is 11.8. The highest BCUT2D eigenvalue weighted by Gasteiger charge is 2.18. The first-order valence-corrected chi connectivity index (χ1v) is 16.4. The second kappa shape index (κ2) is 12.2. The quantitative estimate of drug-likeness (QED) is 0.184. The van der Waals surface area contributed by atoms with E-state index in [4.69, 9.17) is 19.4 Å². The molecule has 0 N–H and O–H groups in total. The van der Waals surface area contributed by atoms with Crippen LogP contribution in [0.5, 0.6) is 0 Å². The lowest BCUT2D eigenvalue weighted by Crippen LogP contribution is -2.01. The van der Waals surface area contributed by atoms with Crippen LogP contribution in [0, 0.1) is 0 Å². The molecular weight excluding hydrogens is 599 g/mol. The van der Waals surface area contributed by atoms with Crippen LogP contribution in [0.15, 0.2) is 180 Å². The van der Waals surface area contributed by atoms with Crippen LogP contribution in [0.25, 0.3) is 89.5 Å². The molecule has 4 heteroatoms. The van der Waals surface area contributed by atoms with Gasteiger partial charge in [-0.05, 0) is 46.0 Å². The van der Waals surface area contributed by atoms with Crippen LogP contribution >= 0.6 is 0 Å². The molecule has 0 fully saturated rings. The summed E-state index contributed by atoms with van der Waals surface area (Å²) in [4.78, 5) is 15.2. The first kappa shape index (κ1) is 28.6. The molecule has 0 saturated heterocycles. The molecule has 0 amide bonds. The second-order valence-electron chi connectivity index (χ2n) is 12.0. The van der Waals surface area contributed by atoms with Gasteiger partial charge in [-0.2, -0.15) is 0 Å². The van der Waals surface area contributed by atoms with Gasteiger partial charge in [0.2, 0.25) is 0 Å². The molecule has 49 heavy (non-hydrogen) atoms. The highest BCUT2D eigenvalue weighted by atomic mass is 16.3. The molecule has 0 saturated carbocycles. The average Bonchev–Trinajstić information content (AvgIpc) is 3.58. The Bertz CT molecular complexity index is 2580. The summed E-state index contributed by atoms with van der Waals surface area (Å²) in [6.45, 7) is 0. The van der Waals surface area contributed by atoms with Crippen LogP contribution in [-0.4, -0.2) is 15.0 Å². The van der Waals surface area contributed by atoms with E-state index in [-0.39, 0.29) is 0 Å². The fourth-order valence-electron chi connectivity index (χ4n) is 6.52. The normalized spacial score (nSPS) is 11.3. The fourth-order valence-corrected chi connectivity index (χ4v) is 6.52. The minimum Gasteiger partial charge on any atom is -0.455 e. The van der Waals surface area contributed by atoms with Gasteiger partial charge >= 0.3 is 0 Å². The van der Waals surface area contributed by atoms with Crippen LogP contribution in [0.4, 0.5) is 0 Å². The molecule has 0 radical (unpaired) electrons. The molecule has 0 bridgehead atoms. The Labute approximate surface area is 284 Å². The minimum absolute atomic E-state index is 0.614. The number of benzene rings is 7. The van der Waals surface area contributed by atoms with Crippen LogP contribution in [0.2, 0.25) is 0 Å². The summed E-state index contributed by atoms with van der Waals surface area (Å²) in [5, 5.41) is 2.23. The average molecular weight is 628 g/mol. The third-order valence-corrected chi connectivity index (χ3v) is 8.98. The van der Waals surface area contributed by atoms with Gasteiger partial charge in [0.1, 0.15) is 11.2 Å². The topological polar surface area (TPSA) is 51.8 Å². The lowest BCUT2D eigenvalue weighted by Gasteiger charge is -2.14. The van der Waals surface area contributed by atoms with Crippen LogP contribution in [-0.2, 0) is 0 Å². The number of fused-ring (bicyclic) bond motifs is 3. The van der Waals surface area contributed by atoms with Crippen molar-refractivity contribution in [3.63, 3.8) is 0 Å². The van der Waals surface area contributed by atoms with E-state index in [9.17, 15) is 0 Å². The molecule has 230 valence electrons. The molecule has 0 unspecified atom stereocenters. The molecule has 0 aliphatic rings. The number of rotatable bonds is 6. The first-order valence-electron chi connectivity index (χ1n) is 16.4. The summed E-state index contributed by atoms with van der Waals surface area (Å²) >= 11 is 0. The Morgan fingerprint density at radius 3 is 1.53 bits per heavy atom. The summed E-state index contributed by atoms with van der Waals surface area (Å²) in [5.74, 6) is 1.87. The van der Waals surface area contributed by atoms with Crippen molar-refractivity contribution in [3.8, 4) is 67.5 Å². The number of nitrogens with zero attached hydrogens (tertiary/aromatic N) is 3. The SMILES string of the molecule is c1ccc(-c2ccc(-c3nc(-c4ccccc4)nc(-c4ccc(-c5cccc6c5oc5ccccc56)cc4)n3)c(-c3ccccc3)c2)cc1. The van der Waals surface area contributed by atoms with Gasteiger partial charge in [0.25, 0.3) is 0 Å². The van der Waals surface area contributed by atoms with E-state index < -0.39 is 0 Å². The van der Waals surface area contributed by atoms with Gasteiger partial charge in [-0.3, -0.25) is 0 Å². The van der Waals surface area contributed by atoms with Gasteiger partial charge in [0.05, 0.1) is 0 Å². The molecule has 7 aromatic carbocycles. The summed E-state index contributed by atoms with van der Waals surface area (Å²) in [5.41, 5.74) is 11.1. The standard InChI is InChI=1S/C45H29N3O/c1-4-13-30(14-5-1)35-27-28-39(40(29-35)31-15-6-2-7-16-31)45-47-43(33-17-8-3-9-18-33)46-44(48-45)34-25-23-32(24-26-34)36-20-12-21-38-37-19-10-11-22-41(37)49-42(36)38/h1-29H. The van der Waals surface area contributed by atoms with Crippen LogP contribution in [0.3, 0.4) is 0 Å². The zero-order valence-electron chi connectivity index (χ0n) is 26.5. The smallest absolute Gasteiger partial charge is 0.164 e. The Hall–Kier alpha value is -6.65. The van der Waals surface area contributed by atoms with E-state index >= 15 is 0 Å². The number of aromatic nitrogens is 3. The third kappa shape index (κ3) is 5.35. The molecule has 0 atom stereocenters. The summed E-state index contributed by atoms with van der Waals surface area (Å²) in [6, 6.07) is 60.4. The molecule has 2 aromatic heterocycles. The highest BCUT2D eigenvalue weighted by molar-refractivity contribution is 6.09. The monoisotopic (exact) mass is 627 g/mol. The van der Waals surface area contributed by atoms with E-state index in [0.29, 0.717) is 17.5 Å². The number of hydrogen-bond acceptors (Lipinski definition) is 4. The molecule has 0 aliphatic carbocycles. The van der Waals surface area contributed by atoms with Crippen molar-refractivity contribution in [2.45, 2.75) is 0 Å². The molecule has 0 spiro atoms. The zero-order chi connectivity index (χ0) is 32.6. The molecule has 0 aliphatic heterocycles. The maximum Gasteiger partial charge on any atom is 0.164 e. The van der Waals surface area contributed by atoms with Gasteiger partial charge in [0.15, 0.2) is 17.5 Å². The van der Waals surface area contributed by atoms with Gasteiger partial charge < -0.3 is 4.42 Å². The third-order valence-electron chi connectivity index (χ3n) is 8.98. The van der Waals surface area contributed by atoms with Gasteiger partial charge in [0, 0.05) is 33.0 Å².